The minimum Gasteiger partial charge on any atom is -0.258 e. The van der Waals surface area contributed by atoms with E-state index in [1.54, 1.807) is 4.09 Å². The Labute approximate surface area is 79.7 Å². The predicted molar refractivity (Wildman–Crippen MR) is 51.1 cm³/mol. The molecule has 0 bridgehead atoms. The molecule has 0 N–H and O–H groups in total. The summed E-state index contributed by atoms with van der Waals surface area (Å²) in [6.07, 6.45) is 2.03. The molecule has 0 saturated carbocycles. The highest BCUT2D eigenvalue weighted by Gasteiger charge is 2.14. The highest BCUT2D eigenvalue weighted by molar-refractivity contribution is 9.07. The van der Waals surface area contributed by atoms with Gasteiger partial charge in [0.25, 0.3) is 0 Å². The molecular formula is C9H8BrNO. The average molecular weight is 226 g/mol. The van der Waals surface area contributed by atoms with Crippen LogP contribution in [0.25, 0.3) is 5.70 Å². The van der Waals surface area contributed by atoms with Gasteiger partial charge in [0.1, 0.15) is 0 Å². The zero-order valence-corrected chi connectivity index (χ0v) is 7.99. The van der Waals surface area contributed by atoms with E-state index < -0.39 is 0 Å². The molecule has 2 nitrogen and oxygen atoms in total. The van der Waals surface area contributed by atoms with Crippen LogP contribution in [0.15, 0.2) is 36.4 Å². The Morgan fingerprint density at radius 3 is 2.58 bits per heavy atom. The fraction of sp³-hybridized carbons (Fsp3) is 0.111. The Morgan fingerprint density at radius 2 is 2.00 bits per heavy atom. The van der Waals surface area contributed by atoms with E-state index in [1.165, 1.54) is 0 Å². The second-order valence-electron chi connectivity index (χ2n) is 2.50. The normalized spacial score (nSPS) is 16.4. The van der Waals surface area contributed by atoms with E-state index in [1.807, 2.05) is 24.3 Å². The lowest BCUT2D eigenvalue weighted by Gasteiger charge is -2.11. The van der Waals surface area contributed by atoms with E-state index >= 15 is 0 Å². The molecule has 1 aromatic rings. The van der Waals surface area contributed by atoms with Crippen molar-refractivity contribution < 1.29 is 4.84 Å². The molecular weight excluding hydrogens is 218 g/mol. The fourth-order valence-electron chi connectivity index (χ4n) is 1.15. The van der Waals surface area contributed by atoms with Crippen LogP contribution in [0.1, 0.15) is 5.56 Å². The molecule has 0 aliphatic carbocycles. The first-order valence-corrected chi connectivity index (χ1v) is 4.43. The topological polar surface area (TPSA) is 12.5 Å². The van der Waals surface area contributed by atoms with Gasteiger partial charge in [-0.3, -0.25) is 4.84 Å². The summed E-state index contributed by atoms with van der Waals surface area (Å²) in [6, 6.07) is 10.1. The zero-order valence-electron chi connectivity index (χ0n) is 6.40. The van der Waals surface area contributed by atoms with E-state index in [9.17, 15) is 0 Å². The molecule has 0 amide bonds. The molecule has 1 aliphatic heterocycles. The molecule has 2 rings (SSSR count). The van der Waals surface area contributed by atoms with Crippen molar-refractivity contribution >= 4 is 21.8 Å². The van der Waals surface area contributed by atoms with Crippen molar-refractivity contribution in [2.75, 3.05) is 6.61 Å². The molecule has 1 aliphatic rings. The van der Waals surface area contributed by atoms with Crippen molar-refractivity contribution in [1.82, 2.24) is 4.09 Å². The minimum absolute atomic E-state index is 0.634. The van der Waals surface area contributed by atoms with E-state index in [0.29, 0.717) is 6.61 Å². The van der Waals surface area contributed by atoms with E-state index in [4.69, 9.17) is 4.84 Å². The standard InChI is InChI=1S/C9H8BrNO/c10-11-9(6-7-12-11)8-4-2-1-3-5-8/h1-6H,7H2. The van der Waals surface area contributed by atoms with Crippen LogP contribution >= 0.6 is 16.1 Å². The lowest BCUT2D eigenvalue weighted by Crippen LogP contribution is -2.02. The van der Waals surface area contributed by atoms with Crippen LogP contribution in [0, 0.1) is 0 Å². The summed E-state index contributed by atoms with van der Waals surface area (Å²) in [4.78, 5) is 5.18. The van der Waals surface area contributed by atoms with Crippen molar-refractivity contribution in [1.29, 1.82) is 0 Å². The Morgan fingerprint density at radius 1 is 1.25 bits per heavy atom. The summed E-state index contributed by atoms with van der Waals surface area (Å²) in [5.74, 6) is 0. The maximum atomic E-state index is 5.18. The minimum atomic E-state index is 0.634. The largest absolute Gasteiger partial charge is 0.258 e. The SMILES string of the molecule is BrN1OCC=C1c1ccccc1. The third kappa shape index (κ3) is 1.38. The summed E-state index contributed by atoms with van der Waals surface area (Å²) in [5, 5.41) is 0. The molecule has 0 radical (unpaired) electrons. The summed E-state index contributed by atoms with van der Waals surface area (Å²) >= 11 is 3.28. The summed E-state index contributed by atoms with van der Waals surface area (Å²) in [7, 11) is 0. The second kappa shape index (κ2) is 3.29. The first-order chi connectivity index (χ1) is 5.88. The smallest absolute Gasteiger partial charge is 0.0965 e. The molecule has 12 heavy (non-hydrogen) atoms. The van der Waals surface area contributed by atoms with Crippen LogP contribution < -0.4 is 0 Å². The van der Waals surface area contributed by atoms with E-state index in [-0.39, 0.29) is 0 Å². The van der Waals surface area contributed by atoms with Crippen molar-refractivity contribution in [3.63, 3.8) is 0 Å². The van der Waals surface area contributed by atoms with Crippen molar-refractivity contribution in [2.24, 2.45) is 0 Å². The molecule has 0 unspecified atom stereocenters. The Balaban J connectivity index is 2.31. The monoisotopic (exact) mass is 225 g/mol. The molecule has 1 aromatic carbocycles. The van der Waals surface area contributed by atoms with Crippen molar-refractivity contribution in [3.05, 3.63) is 42.0 Å². The number of hydrogen-bond donors (Lipinski definition) is 0. The van der Waals surface area contributed by atoms with Gasteiger partial charge in [0, 0.05) is 5.56 Å². The number of halogens is 1. The van der Waals surface area contributed by atoms with Gasteiger partial charge in [-0.1, -0.05) is 30.3 Å². The average Bonchev–Trinajstić information content (AvgIpc) is 2.53. The number of nitrogens with zero attached hydrogens (tertiary/aromatic N) is 1. The summed E-state index contributed by atoms with van der Waals surface area (Å²) < 4.78 is 1.61. The molecule has 0 fully saturated rings. The van der Waals surface area contributed by atoms with Crippen LogP contribution in [0.3, 0.4) is 0 Å². The number of rotatable bonds is 1. The number of hydrogen-bond acceptors (Lipinski definition) is 2. The first-order valence-electron chi connectivity index (χ1n) is 3.72. The Kier molecular flexibility index (Phi) is 2.15. The molecule has 0 atom stereocenters. The van der Waals surface area contributed by atoms with Gasteiger partial charge in [-0.15, -0.1) is 0 Å². The van der Waals surface area contributed by atoms with Crippen molar-refractivity contribution in [3.8, 4) is 0 Å². The van der Waals surface area contributed by atoms with Crippen LogP contribution in [0.4, 0.5) is 0 Å². The van der Waals surface area contributed by atoms with Gasteiger partial charge in [-0.2, -0.15) is 4.09 Å². The Hall–Kier alpha value is -0.800. The quantitative estimate of drug-likeness (QED) is 0.682. The highest BCUT2D eigenvalue weighted by atomic mass is 79.9. The third-order valence-corrected chi connectivity index (χ3v) is 2.31. The maximum Gasteiger partial charge on any atom is 0.0965 e. The van der Waals surface area contributed by atoms with Gasteiger partial charge >= 0.3 is 0 Å². The maximum absolute atomic E-state index is 5.18. The van der Waals surface area contributed by atoms with Gasteiger partial charge in [-0.05, 0) is 6.08 Å². The number of benzene rings is 1. The first kappa shape index (κ1) is 7.83. The third-order valence-electron chi connectivity index (χ3n) is 1.72. The lowest BCUT2D eigenvalue weighted by molar-refractivity contribution is 0.0154. The zero-order chi connectivity index (χ0) is 8.39. The van der Waals surface area contributed by atoms with E-state index in [0.717, 1.165) is 11.3 Å². The Bertz CT molecular complexity index is 297. The fourth-order valence-corrected chi connectivity index (χ4v) is 1.62. The molecule has 3 heteroatoms. The summed E-state index contributed by atoms with van der Waals surface area (Å²) in [6.45, 7) is 0.634. The molecule has 0 spiro atoms. The van der Waals surface area contributed by atoms with Crippen LogP contribution in [-0.4, -0.2) is 10.7 Å². The van der Waals surface area contributed by atoms with Crippen LogP contribution in [-0.2, 0) is 4.84 Å². The highest BCUT2D eigenvalue weighted by Crippen LogP contribution is 2.26. The van der Waals surface area contributed by atoms with Crippen LogP contribution in [0.5, 0.6) is 0 Å². The van der Waals surface area contributed by atoms with Gasteiger partial charge in [0.2, 0.25) is 0 Å². The van der Waals surface area contributed by atoms with Gasteiger partial charge < -0.3 is 0 Å². The molecule has 1 heterocycles. The van der Waals surface area contributed by atoms with Crippen molar-refractivity contribution in [2.45, 2.75) is 0 Å². The predicted octanol–water partition coefficient (Wildman–Crippen LogP) is 2.58. The van der Waals surface area contributed by atoms with Crippen LogP contribution in [0.2, 0.25) is 0 Å². The van der Waals surface area contributed by atoms with Gasteiger partial charge in [-0.25, -0.2) is 0 Å². The van der Waals surface area contributed by atoms with Gasteiger partial charge in [0.05, 0.1) is 28.5 Å². The lowest BCUT2D eigenvalue weighted by atomic mass is 10.2. The molecule has 0 aromatic heterocycles. The molecule has 0 saturated heterocycles. The number of hydroxylamine groups is 1. The van der Waals surface area contributed by atoms with E-state index in [2.05, 4.69) is 28.3 Å². The van der Waals surface area contributed by atoms with Gasteiger partial charge in [0.15, 0.2) is 0 Å². The second-order valence-corrected chi connectivity index (χ2v) is 3.14. The molecule has 62 valence electrons. The summed E-state index contributed by atoms with van der Waals surface area (Å²) in [5.41, 5.74) is 2.22.